The molecule has 1 N–H and O–H groups in total. The van der Waals surface area contributed by atoms with Crippen LogP contribution in [-0.2, 0) is 4.79 Å². The first-order valence-electron chi connectivity index (χ1n) is 4.34. The smallest absolute Gasteiger partial charge is 0.222 e. The topological polar surface area (TPSA) is 46.9 Å². The van der Waals surface area contributed by atoms with Crippen molar-refractivity contribution >= 4 is 11.7 Å². The zero-order chi connectivity index (χ0) is 10.0. The SMILES string of the molecule is CC(=O)Nc1cc(C)n(C(C)C)n1. The second kappa shape index (κ2) is 3.60. The molecular formula is C9H15N3O. The minimum atomic E-state index is -0.0894. The number of aromatic nitrogens is 2. The van der Waals surface area contributed by atoms with Crippen molar-refractivity contribution in [1.29, 1.82) is 0 Å². The number of carbonyl (C=O) groups excluding carboxylic acids is 1. The van der Waals surface area contributed by atoms with Crippen molar-refractivity contribution in [3.63, 3.8) is 0 Å². The van der Waals surface area contributed by atoms with Gasteiger partial charge in [-0.3, -0.25) is 9.48 Å². The van der Waals surface area contributed by atoms with Crippen LogP contribution >= 0.6 is 0 Å². The Balaban J connectivity index is 2.88. The largest absolute Gasteiger partial charge is 0.309 e. The zero-order valence-electron chi connectivity index (χ0n) is 8.46. The number of anilines is 1. The summed E-state index contributed by atoms with van der Waals surface area (Å²) in [6.07, 6.45) is 0. The lowest BCUT2D eigenvalue weighted by molar-refractivity contribution is -0.114. The monoisotopic (exact) mass is 181 g/mol. The predicted molar refractivity (Wildman–Crippen MR) is 51.7 cm³/mol. The van der Waals surface area contributed by atoms with Gasteiger partial charge in [-0.05, 0) is 20.8 Å². The van der Waals surface area contributed by atoms with E-state index in [2.05, 4.69) is 24.3 Å². The van der Waals surface area contributed by atoms with Crippen molar-refractivity contribution in [1.82, 2.24) is 9.78 Å². The fourth-order valence-corrected chi connectivity index (χ4v) is 1.25. The van der Waals surface area contributed by atoms with Gasteiger partial charge in [0.25, 0.3) is 0 Å². The van der Waals surface area contributed by atoms with Gasteiger partial charge in [0.2, 0.25) is 5.91 Å². The second-order valence-electron chi connectivity index (χ2n) is 3.39. The lowest BCUT2D eigenvalue weighted by Crippen LogP contribution is -2.08. The summed E-state index contributed by atoms with van der Waals surface area (Å²) in [5.41, 5.74) is 1.05. The highest BCUT2D eigenvalue weighted by molar-refractivity contribution is 5.87. The molecule has 0 aliphatic heterocycles. The van der Waals surface area contributed by atoms with Crippen molar-refractivity contribution in [2.45, 2.75) is 33.7 Å². The van der Waals surface area contributed by atoms with Crippen LogP contribution in [0.2, 0.25) is 0 Å². The van der Waals surface area contributed by atoms with Gasteiger partial charge in [0.1, 0.15) is 0 Å². The number of carbonyl (C=O) groups is 1. The lowest BCUT2D eigenvalue weighted by atomic mass is 10.4. The average molecular weight is 181 g/mol. The van der Waals surface area contributed by atoms with Gasteiger partial charge in [-0.2, -0.15) is 5.10 Å². The van der Waals surface area contributed by atoms with E-state index in [1.807, 2.05) is 17.7 Å². The maximum Gasteiger partial charge on any atom is 0.222 e. The van der Waals surface area contributed by atoms with Gasteiger partial charge < -0.3 is 5.32 Å². The molecule has 0 radical (unpaired) electrons. The highest BCUT2D eigenvalue weighted by Gasteiger charge is 2.06. The van der Waals surface area contributed by atoms with Crippen molar-refractivity contribution in [2.75, 3.05) is 5.32 Å². The Morgan fingerprint density at radius 2 is 2.23 bits per heavy atom. The van der Waals surface area contributed by atoms with Crippen molar-refractivity contribution in [3.8, 4) is 0 Å². The summed E-state index contributed by atoms with van der Waals surface area (Å²) in [4.78, 5) is 10.7. The Bertz CT molecular complexity index is 315. The molecule has 0 atom stereocenters. The molecule has 0 spiro atoms. The number of aryl methyl sites for hydroxylation is 1. The molecule has 1 aromatic rings. The highest BCUT2D eigenvalue weighted by atomic mass is 16.1. The molecular weight excluding hydrogens is 166 g/mol. The van der Waals surface area contributed by atoms with Gasteiger partial charge in [-0.15, -0.1) is 0 Å². The first-order valence-corrected chi connectivity index (χ1v) is 4.34. The van der Waals surface area contributed by atoms with Gasteiger partial charge >= 0.3 is 0 Å². The summed E-state index contributed by atoms with van der Waals surface area (Å²) in [6.45, 7) is 7.55. The molecule has 13 heavy (non-hydrogen) atoms. The number of hydrogen-bond donors (Lipinski definition) is 1. The minimum Gasteiger partial charge on any atom is -0.309 e. The summed E-state index contributed by atoms with van der Waals surface area (Å²) in [5.74, 6) is 0.534. The van der Waals surface area contributed by atoms with E-state index in [1.54, 1.807) is 0 Å². The summed E-state index contributed by atoms with van der Waals surface area (Å²) >= 11 is 0. The quantitative estimate of drug-likeness (QED) is 0.755. The van der Waals surface area contributed by atoms with Crippen LogP contribution in [0.15, 0.2) is 6.07 Å². The minimum absolute atomic E-state index is 0.0894. The molecule has 0 fully saturated rings. The Morgan fingerprint density at radius 3 is 2.62 bits per heavy atom. The summed E-state index contributed by atoms with van der Waals surface area (Å²) in [6, 6.07) is 2.18. The fourth-order valence-electron chi connectivity index (χ4n) is 1.25. The summed E-state index contributed by atoms with van der Waals surface area (Å²) in [5, 5.41) is 6.88. The van der Waals surface area contributed by atoms with E-state index in [0.717, 1.165) is 5.69 Å². The summed E-state index contributed by atoms with van der Waals surface area (Å²) < 4.78 is 1.88. The van der Waals surface area contributed by atoms with Crippen molar-refractivity contribution in [2.24, 2.45) is 0 Å². The molecule has 0 aromatic carbocycles. The number of nitrogens with zero attached hydrogens (tertiary/aromatic N) is 2. The predicted octanol–water partition coefficient (Wildman–Crippen LogP) is 1.73. The van der Waals surface area contributed by atoms with Gasteiger partial charge in [0.15, 0.2) is 5.82 Å². The first-order chi connectivity index (χ1) is 6.00. The van der Waals surface area contributed by atoms with Gasteiger partial charge in [0, 0.05) is 24.7 Å². The van der Waals surface area contributed by atoms with Crippen LogP contribution in [0.5, 0.6) is 0 Å². The summed E-state index contributed by atoms with van der Waals surface area (Å²) in [7, 11) is 0. The van der Waals surface area contributed by atoms with Gasteiger partial charge in [-0.1, -0.05) is 0 Å². The molecule has 4 nitrogen and oxygen atoms in total. The van der Waals surface area contributed by atoms with Crippen LogP contribution in [0.3, 0.4) is 0 Å². The number of nitrogens with one attached hydrogen (secondary N) is 1. The molecule has 0 saturated heterocycles. The van der Waals surface area contributed by atoms with Crippen LogP contribution in [-0.4, -0.2) is 15.7 Å². The number of hydrogen-bond acceptors (Lipinski definition) is 2. The van der Waals surface area contributed by atoms with E-state index in [1.165, 1.54) is 6.92 Å². The molecule has 72 valence electrons. The van der Waals surface area contributed by atoms with Crippen LogP contribution in [0.4, 0.5) is 5.82 Å². The Labute approximate surface area is 77.9 Å². The Kier molecular flexibility index (Phi) is 2.70. The highest BCUT2D eigenvalue weighted by Crippen LogP contribution is 2.13. The van der Waals surface area contributed by atoms with Crippen LogP contribution in [0.1, 0.15) is 32.5 Å². The number of amides is 1. The lowest BCUT2D eigenvalue weighted by Gasteiger charge is -2.06. The standard InChI is InChI=1S/C9H15N3O/c1-6(2)12-7(3)5-9(11-12)10-8(4)13/h5-6H,1-4H3,(H,10,11,13). The first kappa shape index (κ1) is 9.77. The van der Waals surface area contributed by atoms with E-state index < -0.39 is 0 Å². The molecule has 4 heteroatoms. The average Bonchev–Trinajstić information content (AvgIpc) is 2.29. The maximum atomic E-state index is 10.7. The normalized spacial score (nSPS) is 10.5. The molecule has 0 bridgehead atoms. The fraction of sp³-hybridized carbons (Fsp3) is 0.556. The maximum absolute atomic E-state index is 10.7. The van der Waals surface area contributed by atoms with Crippen LogP contribution < -0.4 is 5.32 Å². The van der Waals surface area contributed by atoms with E-state index in [4.69, 9.17) is 0 Å². The molecule has 1 rings (SSSR count). The molecule has 1 aromatic heterocycles. The Hall–Kier alpha value is -1.32. The molecule has 0 aliphatic rings. The third-order valence-electron chi connectivity index (χ3n) is 1.72. The van der Waals surface area contributed by atoms with E-state index >= 15 is 0 Å². The van der Waals surface area contributed by atoms with Crippen LogP contribution in [0.25, 0.3) is 0 Å². The van der Waals surface area contributed by atoms with E-state index in [9.17, 15) is 4.79 Å². The second-order valence-corrected chi connectivity index (χ2v) is 3.39. The molecule has 1 amide bonds. The Morgan fingerprint density at radius 1 is 1.62 bits per heavy atom. The van der Waals surface area contributed by atoms with Gasteiger partial charge in [-0.25, -0.2) is 0 Å². The molecule has 0 saturated carbocycles. The molecule has 0 aliphatic carbocycles. The zero-order valence-corrected chi connectivity index (χ0v) is 8.46. The third-order valence-corrected chi connectivity index (χ3v) is 1.72. The number of rotatable bonds is 2. The van der Waals surface area contributed by atoms with E-state index in [-0.39, 0.29) is 5.91 Å². The van der Waals surface area contributed by atoms with Crippen molar-refractivity contribution < 1.29 is 4.79 Å². The van der Waals surface area contributed by atoms with E-state index in [0.29, 0.717) is 11.9 Å². The van der Waals surface area contributed by atoms with Crippen molar-refractivity contribution in [3.05, 3.63) is 11.8 Å². The van der Waals surface area contributed by atoms with Gasteiger partial charge in [0.05, 0.1) is 0 Å². The van der Waals surface area contributed by atoms with Crippen LogP contribution in [0, 0.1) is 6.92 Å². The molecule has 0 unspecified atom stereocenters. The molecule has 1 heterocycles. The third kappa shape index (κ3) is 2.31.